The average molecular weight is 257 g/mol. The van der Waals surface area contributed by atoms with Crippen molar-refractivity contribution >= 4 is 23.4 Å². The molecule has 92 valence electrons. The maximum absolute atomic E-state index is 10.9. The Bertz CT molecular complexity index is 439. The van der Waals surface area contributed by atoms with Crippen molar-refractivity contribution in [2.24, 2.45) is 0 Å². The molecule has 5 nitrogen and oxygen atoms in total. The van der Waals surface area contributed by atoms with Crippen LogP contribution in [0.25, 0.3) is 0 Å². The van der Waals surface area contributed by atoms with E-state index in [1.54, 1.807) is 12.1 Å². The number of anilines is 1. The minimum atomic E-state index is -1.11. The van der Waals surface area contributed by atoms with Crippen LogP contribution in [0.15, 0.2) is 12.1 Å². The van der Waals surface area contributed by atoms with Gasteiger partial charge in [-0.1, -0.05) is 11.6 Å². The number of halogens is 1. The summed E-state index contributed by atoms with van der Waals surface area (Å²) in [5.74, 6) is -0.486. The highest BCUT2D eigenvalue weighted by atomic mass is 35.5. The molecule has 2 rings (SSSR count). The third-order valence-corrected chi connectivity index (χ3v) is 2.90. The van der Waals surface area contributed by atoms with Crippen molar-refractivity contribution in [1.82, 2.24) is 4.98 Å². The van der Waals surface area contributed by atoms with E-state index in [1.165, 1.54) is 0 Å². The number of carboxylic acids is 1. The van der Waals surface area contributed by atoms with Crippen molar-refractivity contribution in [2.45, 2.75) is 13.0 Å². The molecular weight excluding hydrogens is 244 g/mol. The fourth-order valence-corrected chi connectivity index (χ4v) is 1.97. The van der Waals surface area contributed by atoms with Crippen LogP contribution in [0.3, 0.4) is 0 Å². The Morgan fingerprint density at radius 1 is 1.65 bits per heavy atom. The highest BCUT2D eigenvalue weighted by Crippen LogP contribution is 2.21. The second-order valence-corrected chi connectivity index (χ2v) is 4.34. The van der Waals surface area contributed by atoms with E-state index in [0.29, 0.717) is 25.5 Å². The summed E-state index contributed by atoms with van der Waals surface area (Å²) in [6, 6.07) is 3.29. The fraction of sp³-hybridized carbons (Fsp3) is 0.455. The lowest BCUT2D eigenvalue weighted by molar-refractivity contribution is 0.0529. The van der Waals surface area contributed by atoms with Crippen molar-refractivity contribution in [3.63, 3.8) is 0 Å². The molecule has 1 fully saturated rings. The van der Waals surface area contributed by atoms with E-state index in [4.69, 9.17) is 21.4 Å². The average Bonchev–Trinajstić information content (AvgIpc) is 2.29. The number of morpholine rings is 1. The monoisotopic (exact) mass is 256 g/mol. The van der Waals surface area contributed by atoms with E-state index in [0.717, 1.165) is 0 Å². The molecule has 1 unspecified atom stereocenters. The molecule has 0 bridgehead atoms. The first-order valence-electron chi connectivity index (χ1n) is 5.34. The Labute approximate surface area is 104 Å². The molecule has 6 heteroatoms. The van der Waals surface area contributed by atoms with Gasteiger partial charge in [-0.3, -0.25) is 0 Å². The maximum atomic E-state index is 10.9. The first-order chi connectivity index (χ1) is 8.08. The molecule has 2 heterocycles. The van der Waals surface area contributed by atoms with Gasteiger partial charge in [-0.05, 0) is 19.1 Å². The predicted octanol–water partition coefficient (Wildman–Crippen LogP) is 1.66. The summed E-state index contributed by atoms with van der Waals surface area (Å²) in [7, 11) is 0. The molecule has 0 saturated carbocycles. The van der Waals surface area contributed by atoms with Gasteiger partial charge in [-0.25, -0.2) is 9.78 Å². The second kappa shape index (κ2) is 4.89. The Hall–Kier alpha value is -1.33. The van der Waals surface area contributed by atoms with Crippen molar-refractivity contribution in [3.8, 4) is 0 Å². The number of hydrogen-bond acceptors (Lipinski definition) is 4. The van der Waals surface area contributed by atoms with Gasteiger partial charge < -0.3 is 14.7 Å². The molecule has 1 saturated heterocycles. The fourth-order valence-electron chi connectivity index (χ4n) is 1.78. The highest BCUT2D eigenvalue weighted by Gasteiger charge is 2.20. The summed E-state index contributed by atoms with van der Waals surface area (Å²) in [5.41, 5.74) is -0.108. The van der Waals surface area contributed by atoms with E-state index in [9.17, 15) is 4.79 Å². The number of nitrogens with zero attached hydrogens (tertiary/aromatic N) is 2. The van der Waals surface area contributed by atoms with Crippen LogP contribution < -0.4 is 4.90 Å². The zero-order valence-electron chi connectivity index (χ0n) is 9.39. The number of aromatic nitrogens is 1. The number of ether oxygens (including phenoxy) is 1. The van der Waals surface area contributed by atoms with Crippen LogP contribution in [0.2, 0.25) is 5.02 Å². The van der Waals surface area contributed by atoms with Crippen LogP contribution in [-0.4, -0.2) is 41.9 Å². The van der Waals surface area contributed by atoms with Crippen LogP contribution in [0.4, 0.5) is 5.82 Å². The van der Waals surface area contributed by atoms with Gasteiger partial charge in [0.15, 0.2) is 5.69 Å². The van der Waals surface area contributed by atoms with Crippen LogP contribution in [0, 0.1) is 0 Å². The lowest BCUT2D eigenvalue weighted by atomic mass is 10.2. The van der Waals surface area contributed by atoms with E-state index < -0.39 is 5.97 Å². The van der Waals surface area contributed by atoms with Gasteiger partial charge in [0.05, 0.1) is 17.7 Å². The normalized spacial score (nSPS) is 20.4. The lowest BCUT2D eigenvalue weighted by Gasteiger charge is -2.32. The molecule has 0 amide bonds. The molecule has 1 aromatic rings. The Morgan fingerprint density at radius 3 is 3.06 bits per heavy atom. The zero-order chi connectivity index (χ0) is 12.4. The van der Waals surface area contributed by atoms with Gasteiger partial charge >= 0.3 is 5.97 Å². The summed E-state index contributed by atoms with van der Waals surface area (Å²) in [6.07, 6.45) is 0.120. The number of carbonyl (C=O) groups is 1. The second-order valence-electron chi connectivity index (χ2n) is 3.93. The number of pyridine rings is 1. The molecule has 1 N–H and O–H groups in total. The third kappa shape index (κ3) is 2.68. The topological polar surface area (TPSA) is 62.7 Å². The molecule has 1 aliphatic heterocycles. The predicted molar refractivity (Wildman–Crippen MR) is 63.8 cm³/mol. The molecule has 17 heavy (non-hydrogen) atoms. The quantitative estimate of drug-likeness (QED) is 0.872. The summed E-state index contributed by atoms with van der Waals surface area (Å²) >= 11 is 5.77. The minimum absolute atomic E-state index is 0.108. The minimum Gasteiger partial charge on any atom is -0.476 e. The standard InChI is InChI=1S/C11H13ClN2O3/c1-7-6-14(4-5-17-7)9-3-2-8(12)10(13-9)11(15)16/h2-3,7H,4-6H2,1H3,(H,15,16). The summed E-state index contributed by atoms with van der Waals surface area (Å²) in [6.45, 7) is 4.00. The van der Waals surface area contributed by atoms with Crippen molar-refractivity contribution < 1.29 is 14.6 Å². The van der Waals surface area contributed by atoms with Crippen LogP contribution in [0.5, 0.6) is 0 Å². The van der Waals surface area contributed by atoms with Crippen molar-refractivity contribution in [3.05, 3.63) is 22.8 Å². The van der Waals surface area contributed by atoms with Gasteiger partial charge in [-0.2, -0.15) is 0 Å². The number of rotatable bonds is 2. The Morgan fingerprint density at radius 2 is 2.41 bits per heavy atom. The SMILES string of the molecule is CC1CN(c2ccc(Cl)c(C(=O)O)n2)CCO1. The lowest BCUT2D eigenvalue weighted by Crippen LogP contribution is -2.41. The molecular formula is C11H13ClN2O3. The Balaban J connectivity index is 2.26. The zero-order valence-corrected chi connectivity index (χ0v) is 10.1. The van der Waals surface area contributed by atoms with Gasteiger partial charge in [0.25, 0.3) is 0 Å². The van der Waals surface area contributed by atoms with E-state index >= 15 is 0 Å². The molecule has 0 aliphatic carbocycles. The number of aromatic carboxylic acids is 1. The van der Waals surface area contributed by atoms with E-state index in [2.05, 4.69) is 4.98 Å². The van der Waals surface area contributed by atoms with E-state index in [-0.39, 0.29) is 16.8 Å². The Kier molecular flexibility index (Phi) is 3.49. The molecule has 0 spiro atoms. The van der Waals surface area contributed by atoms with Crippen LogP contribution >= 0.6 is 11.6 Å². The molecule has 0 aromatic carbocycles. The van der Waals surface area contributed by atoms with Crippen LogP contribution in [0.1, 0.15) is 17.4 Å². The summed E-state index contributed by atoms with van der Waals surface area (Å²) in [5, 5.41) is 9.11. The molecule has 1 aromatic heterocycles. The van der Waals surface area contributed by atoms with Crippen LogP contribution in [-0.2, 0) is 4.74 Å². The van der Waals surface area contributed by atoms with E-state index in [1.807, 2.05) is 11.8 Å². The van der Waals surface area contributed by atoms with Gasteiger partial charge in [0.1, 0.15) is 5.82 Å². The van der Waals surface area contributed by atoms with Gasteiger partial charge in [-0.15, -0.1) is 0 Å². The first kappa shape index (κ1) is 12.1. The van der Waals surface area contributed by atoms with Gasteiger partial charge in [0.2, 0.25) is 0 Å². The molecule has 0 radical (unpaired) electrons. The summed E-state index contributed by atoms with van der Waals surface area (Å²) < 4.78 is 5.42. The largest absolute Gasteiger partial charge is 0.476 e. The maximum Gasteiger partial charge on any atom is 0.356 e. The molecule has 1 aliphatic rings. The van der Waals surface area contributed by atoms with Crippen molar-refractivity contribution in [1.29, 1.82) is 0 Å². The third-order valence-electron chi connectivity index (χ3n) is 2.60. The van der Waals surface area contributed by atoms with Crippen molar-refractivity contribution in [2.75, 3.05) is 24.6 Å². The molecule has 1 atom stereocenters. The number of hydrogen-bond donors (Lipinski definition) is 1. The highest BCUT2D eigenvalue weighted by molar-refractivity contribution is 6.33. The smallest absolute Gasteiger partial charge is 0.356 e. The van der Waals surface area contributed by atoms with Gasteiger partial charge in [0, 0.05) is 13.1 Å². The summed E-state index contributed by atoms with van der Waals surface area (Å²) in [4.78, 5) is 17.0. The first-order valence-corrected chi connectivity index (χ1v) is 5.72. The number of carboxylic acid groups (broad SMARTS) is 1.